The molecule has 1 aliphatic rings. The average molecular weight is 365 g/mol. The van der Waals surface area contributed by atoms with Gasteiger partial charge in [0.1, 0.15) is 10.6 Å². The number of nitrogens with zero attached hydrogens (tertiary/aromatic N) is 3. The van der Waals surface area contributed by atoms with Crippen LogP contribution in [0.4, 0.5) is 0 Å². The third-order valence-electron chi connectivity index (χ3n) is 3.97. The van der Waals surface area contributed by atoms with Crippen molar-refractivity contribution in [2.45, 2.75) is 23.8 Å². The van der Waals surface area contributed by atoms with Crippen LogP contribution in [0.3, 0.4) is 0 Å². The van der Waals surface area contributed by atoms with Gasteiger partial charge in [0.2, 0.25) is 10.0 Å². The molecule has 1 aliphatic heterocycles. The summed E-state index contributed by atoms with van der Waals surface area (Å²) in [4.78, 5) is 13.7. The second-order valence-electron chi connectivity index (χ2n) is 5.84. The van der Waals surface area contributed by atoms with Gasteiger partial charge in [0.15, 0.2) is 0 Å². The predicted molar refractivity (Wildman–Crippen MR) is 91.5 cm³/mol. The quantitative estimate of drug-likeness (QED) is 0.826. The third kappa shape index (κ3) is 3.88. The molecule has 132 valence electrons. The van der Waals surface area contributed by atoms with Gasteiger partial charge in [-0.2, -0.15) is 4.31 Å². The summed E-state index contributed by atoms with van der Waals surface area (Å²) in [5.41, 5.74) is 0.368. The number of likely N-dealkylation sites (N-methyl/N-ethyl adjacent to an activating group) is 1. The Labute approximate surface area is 144 Å². The zero-order chi connectivity index (χ0) is 16.5. The first-order valence-corrected chi connectivity index (χ1v) is 8.77. The van der Waals surface area contributed by atoms with Crippen molar-refractivity contribution >= 4 is 28.3 Å². The molecule has 0 bridgehead atoms. The Morgan fingerprint density at radius 2 is 2.09 bits per heavy atom. The number of carbonyl (C=O) groups is 1. The lowest BCUT2D eigenvalue weighted by atomic mass is 10.2. The predicted octanol–water partition coefficient (Wildman–Crippen LogP) is 0.521. The molecule has 1 amide bonds. The van der Waals surface area contributed by atoms with Gasteiger partial charge >= 0.3 is 0 Å². The van der Waals surface area contributed by atoms with Crippen molar-refractivity contribution in [2.75, 3.05) is 34.2 Å². The van der Waals surface area contributed by atoms with Crippen LogP contribution in [0, 0.1) is 0 Å². The number of carbonyl (C=O) groups excluding carboxylic acids is 1. The number of sulfonamides is 1. The summed E-state index contributed by atoms with van der Waals surface area (Å²) >= 11 is 0. The molecule has 9 heteroatoms. The van der Waals surface area contributed by atoms with E-state index in [1.54, 1.807) is 30.0 Å². The first-order valence-electron chi connectivity index (χ1n) is 7.33. The fourth-order valence-corrected chi connectivity index (χ4v) is 4.58. The molecule has 0 spiro atoms. The van der Waals surface area contributed by atoms with E-state index in [2.05, 4.69) is 5.32 Å². The van der Waals surface area contributed by atoms with E-state index in [-0.39, 0.29) is 29.3 Å². The second-order valence-corrected chi connectivity index (χ2v) is 7.73. The van der Waals surface area contributed by atoms with Crippen molar-refractivity contribution in [3.05, 3.63) is 18.0 Å². The first kappa shape index (κ1) is 20.0. The summed E-state index contributed by atoms with van der Waals surface area (Å²) in [5.74, 6) is -0.211. The van der Waals surface area contributed by atoms with Crippen molar-refractivity contribution in [3.63, 3.8) is 0 Å². The molecule has 1 fully saturated rings. The molecule has 0 saturated carbocycles. The van der Waals surface area contributed by atoms with Gasteiger partial charge in [-0.15, -0.1) is 12.4 Å². The maximum atomic E-state index is 12.8. The molecule has 1 atom stereocenters. The lowest BCUT2D eigenvalue weighted by molar-refractivity contribution is 0.0818. The number of rotatable bonds is 5. The number of nitrogens with one attached hydrogen (secondary N) is 1. The van der Waals surface area contributed by atoms with E-state index < -0.39 is 10.0 Å². The zero-order valence-corrected chi connectivity index (χ0v) is 15.6. The van der Waals surface area contributed by atoms with E-state index in [0.29, 0.717) is 18.8 Å². The number of aromatic nitrogens is 1. The Bertz CT molecular complexity index is 657. The molecule has 2 rings (SSSR count). The molecular formula is C14H25ClN4O3S. The summed E-state index contributed by atoms with van der Waals surface area (Å²) in [5, 5.41) is 3.04. The minimum Gasteiger partial charge on any atom is -0.345 e. The molecule has 2 heterocycles. The minimum absolute atomic E-state index is 0. The van der Waals surface area contributed by atoms with E-state index >= 15 is 0 Å². The molecule has 1 unspecified atom stereocenters. The summed E-state index contributed by atoms with van der Waals surface area (Å²) in [6.07, 6.45) is 3.24. The summed E-state index contributed by atoms with van der Waals surface area (Å²) < 4.78 is 28.8. The zero-order valence-electron chi connectivity index (χ0n) is 13.9. The Kier molecular flexibility index (Phi) is 6.64. The van der Waals surface area contributed by atoms with Gasteiger partial charge in [-0.1, -0.05) is 0 Å². The van der Waals surface area contributed by atoms with Crippen molar-refractivity contribution in [1.29, 1.82) is 0 Å². The Morgan fingerprint density at radius 3 is 2.65 bits per heavy atom. The Balaban J connectivity index is 0.00000264. The lowest BCUT2D eigenvalue weighted by Crippen LogP contribution is -2.40. The van der Waals surface area contributed by atoms with Crippen LogP contribution in [-0.2, 0) is 17.1 Å². The van der Waals surface area contributed by atoms with Gasteiger partial charge < -0.3 is 14.8 Å². The normalized spacial score (nSPS) is 18.7. The van der Waals surface area contributed by atoms with Crippen molar-refractivity contribution < 1.29 is 13.2 Å². The molecule has 0 aliphatic carbocycles. The van der Waals surface area contributed by atoms with Crippen LogP contribution in [-0.4, -0.2) is 68.4 Å². The fraction of sp³-hybridized carbons (Fsp3) is 0.643. The molecule has 1 saturated heterocycles. The largest absolute Gasteiger partial charge is 0.345 e. The summed E-state index contributed by atoms with van der Waals surface area (Å²) in [6.45, 7) is 1.16. The van der Waals surface area contributed by atoms with Gasteiger partial charge in [0.05, 0.1) is 0 Å². The molecule has 1 aromatic rings. The topological polar surface area (TPSA) is 74.7 Å². The molecule has 0 radical (unpaired) electrons. The number of amides is 1. The van der Waals surface area contributed by atoms with Crippen LogP contribution in [0.15, 0.2) is 17.2 Å². The van der Waals surface area contributed by atoms with E-state index in [0.717, 1.165) is 12.8 Å². The molecule has 7 nitrogen and oxygen atoms in total. The molecule has 1 aromatic heterocycles. The van der Waals surface area contributed by atoms with E-state index in [9.17, 15) is 13.2 Å². The van der Waals surface area contributed by atoms with E-state index in [1.807, 2.05) is 7.05 Å². The van der Waals surface area contributed by atoms with Crippen LogP contribution in [0.2, 0.25) is 0 Å². The average Bonchev–Trinajstić information content (AvgIpc) is 3.05. The van der Waals surface area contributed by atoms with E-state index in [4.69, 9.17) is 0 Å². The maximum absolute atomic E-state index is 12.8. The number of hydrogen-bond donors (Lipinski definition) is 1. The standard InChI is InChI=1S/C14H24N4O3S.ClH/c1-15-9-11-6-5-7-18(11)22(20,21)12-8-13(17(4)10-12)14(19)16(2)3;/h8,10-11,15H,5-7,9H2,1-4H3;1H. The highest BCUT2D eigenvalue weighted by atomic mass is 35.5. The van der Waals surface area contributed by atoms with E-state index in [1.165, 1.54) is 17.2 Å². The highest BCUT2D eigenvalue weighted by Gasteiger charge is 2.36. The van der Waals surface area contributed by atoms with Gasteiger partial charge in [-0.05, 0) is 26.0 Å². The van der Waals surface area contributed by atoms with Crippen LogP contribution in [0.5, 0.6) is 0 Å². The molecular weight excluding hydrogens is 340 g/mol. The summed E-state index contributed by atoms with van der Waals surface area (Å²) in [6, 6.07) is 1.44. The number of halogens is 1. The van der Waals surface area contributed by atoms with Crippen molar-refractivity contribution in [1.82, 2.24) is 19.1 Å². The number of aryl methyl sites for hydroxylation is 1. The van der Waals surface area contributed by atoms with Crippen LogP contribution in [0.1, 0.15) is 23.3 Å². The van der Waals surface area contributed by atoms with Gasteiger partial charge in [0, 0.05) is 46.5 Å². The number of hydrogen-bond acceptors (Lipinski definition) is 4. The summed E-state index contributed by atoms with van der Waals surface area (Å²) in [7, 11) is 3.23. The molecule has 1 N–H and O–H groups in total. The second kappa shape index (κ2) is 7.65. The monoisotopic (exact) mass is 364 g/mol. The highest BCUT2D eigenvalue weighted by Crippen LogP contribution is 2.27. The van der Waals surface area contributed by atoms with Crippen LogP contribution >= 0.6 is 12.4 Å². The van der Waals surface area contributed by atoms with Gasteiger partial charge in [0.25, 0.3) is 5.91 Å². The van der Waals surface area contributed by atoms with Gasteiger partial charge in [-0.25, -0.2) is 8.42 Å². The Hall–Kier alpha value is -1.09. The van der Waals surface area contributed by atoms with Gasteiger partial charge in [-0.3, -0.25) is 4.79 Å². The SMILES string of the molecule is CNCC1CCCN1S(=O)(=O)c1cc(C(=O)N(C)C)n(C)c1.Cl. The maximum Gasteiger partial charge on any atom is 0.269 e. The lowest BCUT2D eigenvalue weighted by Gasteiger charge is -2.23. The third-order valence-corrected chi connectivity index (χ3v) is 5.89. The van der Waals surface area contributed by atoms with Crippen LogP contribution in [0.25, 0.3) is 0 Å². The Morgan fingerprint density at radius 1 is 1.43 bits per heavy atom. The van der Waals surface area contributed by atoms with Crippen molar-refractivity contribution in [2.24, 2.45) is 7.05 Å². The molecule has 23 heavy (non-hydrogen) atoms. The first-order chi connectivity index (χ1) is 10.3. The fourth-order valence-electron chi connectivity index (χ4n) is 2.82. The minimum atomic E-state index is -3.57. The van der Waals surface area contributed by atoms with Crippen LogP contribution < -0.4 is 5.32 Å². The highest BCUT2D eigenvalue weighted by molar-refractivity contribution is 7.89. The smallest absolute Gasteiger partial charge is 0.269 e. The van der Waals surface area contributed by atoms with Crippen molar-refractivity contribution in [3.8, 4) is 0 Å². The molecule has 0 aromatic carbocycles.